The molecule has 1 amide bonds. The van der Waals surface area contributed by atoms with E-state index >= 15 is 0 Å². The van der Waals surface area contributed by atoms with E-state index in [1.54, 1.807) is 6.07 Å². The van der Waals surface area contributed by atoms with Crippen LogP contribution in [0.2, 0.25) is 0 Å². The zero-order valence-corrected chi connectivity index (χ0v) is 12.5. The van der Waals surface area contributed by atoms with Crippen molar-refractivity contribution in [2.24, 2.45) is 11.3 Å². The fourth-order valence-corrected chi connectivity index (χ4v) is 2.59. The molecule has 0 aromatic carbocycles. The summed E-state index contributed by atoms with van der Waals surface area (Å²) in [5, 5.41) is 2.79. The number of nitrogens with one attached hydrogen (secondary N) is 1. The molecule has 22 heavy (non-hydrogen) atoms. The van der Waals surface area contributed by atoms with Gasteiger partial charge in [-0.3, -0.25) is 4.79 Å². The van der Waals surface area contributed by atoms with Gasteiger partial charge in [0, 0.05) is 24.7 Å². The molecule has 7 heteroatoms. The first kappa shape index (κ1) is 16.6. The predicted octanol–water partition coefficient (Wildman–Crippen LogP) is 3.08. The van der Waals surface area contributed by atoms with E-state index in [4.69, 9.17) is 0 Å². The van der Waals surface area contributed by atoms with Gasteiger partial charge in [0.05, 0.1) is 0 Å². The van der Waals surface area contributed by atoms with Crippen molar-refractivity contribution < 1.29 is 22.7 Å². The summed E-state index contributed by atoms with van der Waals surface area (Å²) in [4.78, 5) is 15.6. The number of alkyl halides is 3. The highest BCUT2D eigenvalue weighted by Crippen LogP contribution is 2.44. The van der Waals surface area contributed by atoms with Gasteiger partial charge in [0.1, 0.15) is 0 Å². The van der Waals surface area contributed by atoms with Gasteiger partial charge in [0.15, 0.2) is 6.61 Å². The number of aromatic nitrogens is 1. The van der Waals surface area contributed by atoms with Crippen LogP contribution in [0.1, 0.15) is 32.3 Å². The summed E-state index contributed by atoms with van der Waals surface area (Å²) in [7, 11) is 0. The van der Waals surface area contributed by atoms with Crippen LogP contribution >= 0.6 is 0 Å². The van der Waals surface area contributed by atoms with Gasteiger partial charge in [0.25, 0.3) is 0 Å². The van der Waals surface area contributed by atoms with Crippen molar-refractivity contribution >= 4 is 5.91 Å². The zero-order chi connectivity index (χ0) is 16.4. The highest BCUT2D eigenvalue weighted by atomic mass is 19.4. The molecule has 0 saturated heterocycles. The van der Waals surface area contributed by atoms with Crippen molar-refractivity contribution in [3.63, 3.8) is 0 Å². The standard InChI is InChI=1S/C15H19F3N2O2/c1-14(2)6-11(7-14)13(21)20-8-10-3-4-19-12(5-10)22-9-15(16,17)18/h3-5,11H,6-9H2,1-2H3,(H,20,21). The van der Waals surface area contributed by atoms with Gasteiger partial charge in [-0.25, -0.2) is 4.98 Å². The van der Waals surface area contributed by atoms with Crippen LogP contribution in [0.5, 0.6) is 5.88 Å². The van der Waals surface area contributed by atoms with E-state index in [-0.39, 0.29) is 29.7 Å². The first-order valence-corrected chi connectivity index (χ1v) is 7.07. The van der Waals surface area contributed by atoms with E-state index in [0.717, 1.165) is 12.8 Å². The first-order valence-electron chi connectivity index (χ1n) is 7.07. The van der Waals surface area contributed by atoms with Gasteiger partial charge < -0.3 is 10.1 Å². The third kappa shape index (κ3) is 4.89. The normalized spacial score (nSPS) is 17.7. The van der Waals surface area contributed by atoms with Crippen LogP contribution in [-0.4, -0.2) is 23.7 Å². The van der Waals surface area contributed by atoms with Gasteiger partial charge in [-0.1, -0.05) is 13.8 Å². The third-order valence-electron chi connectivity index (χ3n) is 3.62. The Bertz CT molecular complexity index is 536. The summed E-state index contributed by atoms with van der Waals surface area (Å²) in [6.45, 7) is 3.10. The van der Waals surface area contributed by atoms with Crippen LogP contribution in [-0.2, 0) is 11.3 Å². The topological polar surface area (TPSA) is 51.2 Å². The molecule has 1 aromatic heterocycles. The van der Waals surface area contributed by atoms with Crippen molar-refractivity contribution in [3.8, 4) is 5.88 Å². The fourth-order valence-electron chi connectivity index (χ4n) is 2.59. The lowest BCUT2D eigenvalue weighted by Gasteiger charge is -2.41. The zero-order valence-electron chi connectivity index (χ0n) is 12.5. The lowest BCUT2D eigenvalue weighted by molar-refractivity contribution is -0.154. The summed E-state index contributed by atoms with van der Waals surface area (Å²) >= 11 is 0. The van der Waals surface area contributed by atoms with E-state index in [1.165, 1.54) is 12.3 Å². The van der Waals surface area contributed by atoms with Gasteiger partial charge in [-0.15, -0.1) is 0 Å². The Morgan fingerprint density at radius 1 is 1.45 bits per heavy atom. The number of rotatable bonds is 5. The largest absolute Gasteiger partial charge is 0.468 e. The van der Waals surface area contributed by atoms with E-state index in [1.807, 2.05) is 0 Å². The molecule has 1 fully saturated rings. The monoisotopic (exact) mass is 316 g/mol. The molecular formula is C15H19F3N2O2. The van der Waals surface area contributed by atoms with E-state index in [0.29, 0.717) is 5.56 Å². The molecule has 0 bridgehead atoms. The molecule has 2 rings (SSSR count). The van der Waals surface area contributed by atoms with Crippen molar-refractivity contribution in [2.45, 2.75) is 39.4 Å². The summed E-state index contributed by atoms with van der Waals surface area (Å²) in [6.07, 6.45) is -1.33. The SMILES string of the molecule is CC1(C)CC(C(=O)NCc2ccnc(OCC(F)(F)F)c2)C1. The summed E-state index contributed by atoms with van der Waals surface area (Å²) < 4.78 is 40.8. The van der Waals surface area contributed by atoms with Crippen molar-refractivity contribution in [1.29, 1.82) is 0 Å². The molecule has 0 unspecified atom stereocenters. The molecule has 0 spiro atoms. The minimum atomic E-state index is -4.40. The Hall–Kier alpha value is -1.79. The second kappa shape index (κ2) is 6.14. The van der Waals surface area contributed by atoms with Crippen molar-refractivity contribution in [3.05, 3.63) is 23.9 Å². The molecule has 0 atom stereocenters. The number of pyridine rings is 1. The maximum Gasteiger partial charge on any atom is 0.422 e. The van der Waals surface area contributed by atoms with Gasteiger partial charge in [0.2, 0.25) is 11.8 Å². The van der Waals surface area contributed by atoms with Crippen molar-refractivity contribution in [2.75, 3.05) is 6.61 Å². The average molecular weight is 316 g/mol. The molecule has 1 N–H and O–H groups in total. The number of amides is 1. The first-order chi connectivity index (χ1) is 10.1. The van der Waals surface area contributed by atoms with Gasteiger partial charge >= 0.3 is 6.18 Å². The summed E-state index contributed by atoms with van der Waals surface area (Å²) in [5.41, 5.74) is 0.871. The molecule has 1 heterocycles. The highest BCUT2D eigenvalue weighted by molar-refractivity contribution is 5.79. The molecule has 0 radical (unpaired) electrons. The number of carbonyl (C=O) groups is 1. The molecule has 4 nitrogen and oxygen atoms in total. The third-order valence-corrected chi connectivity index (χ3v) is 3.62. The predicted molar refractivity (Wildman–Crippen MR) is 74.1 cm³/mol. The molecular weight excluding hydrogens is 297 g/mol. The summed E-state index contributed by atoms with van der Waals surface area (Å²) in [6, 6.07) is 3.03. The Kier molecular flexibility index (Phi) is 4.63. The molecule has 1 aromatic rings. The highest BCUT2D eigenvalue weighted by Gasteiger charge is 2.40. The maximum absolute atomic E-state index is 12.1. The Labute approximate surface area is 127 Å². The Balaban J connectivity index is 1.82. The van der Waals surface area contributed by atoms with Crippen LogP contribution < -0.4 is 10.1 Å². The van der Waals surface area contributed by atoms with E-state index < -0.39 is 12.8 Å². The number of hydrogen-bond donors (Lipinski definition) is 1. The van der Waals surface area contributed by atoms with E-state index in [2.05, 4.69) is 28.9 Å². The van der Waals surface area contributed by atoms with Gasteiger partial charge in [-0.05, 0) is 29.9 Å². The van der Waals surface area contributed by atoms with Crippen LogP contribution in [0.4, 0.5) is 13.2 Å². The Morgan fingerprint density at radius 2 is 2.14 bits per heavy atom. The molecule has 1 aliphatic carbocycles. The number of halogens is 3. The second-order valence-electron chi connectivity index (χ2n) is 6.39. The second-order valence-corrected chi connectivity index (χ2v) is 6.39. The van der Waals surface area contributed by atoms with E-state index in [9.17, 15) is 18.0 Å². The minimum absolute atomic E-state index is 0.0195. The fraction of sp³-hybridized carbons (Fsp3) is 0.600. The van der Waals surface area contributed by atoms with Crippen LogP contribution in [0, 0.1) is 11.3 Å². The average Bonchev–Trinajstić information content (AvgIpc) is 2.39. The van der Waals surface area contributed by atoms with Crippen LogP contribution in [0.3, 0.4) is 0 Å². The lowest BCUT2D eigenvalue weighted by Crippen LogP contribution is -2.42. The lowest BCUT2D eigenvalue weighted by atomic mass is 9.64. The maximum atomic E-state index is 12.1. The number of nitrogens with zero attached hydrogens (tertiary/aromatic N) is 1. The van der Waals surface area contributed by atoms with Crippen LogP contribution in [0.15, 0.2) is 18.3 Å². The molecule has 1 saturated carbocycles. The summed E-state index contributed by atoms with van der Waals surface area (Å²) in [5.74, 6) is -0.0967. The van der Waals surface area contributed by atoms with Crippen molar-refractivity contribution in [1.82, 2.24) is 10.3 Å². The molecule has 122 valence electrons. The Morgan fingerprint density at radius 3 is 2.73 bits per heavy atom. The minimum Gasteiger partial charge on any atom is -0.468 e. The molecule has 0 aliphatic heterocycles. The number of hydrogen-bond acceptors (Lipinski definition) is 3. The number of ether oxygens (including phenoxy) is 1. The quantitative estimate of drug-likeness (QED) is 0.908. The van der Waals surface area contributed by atoms with Gasteiger partial charge in [-0.2, -0.15) is 13.2 Å². The molecule has 1 aliphatic rings. The number of carbonyl (C=O) groups excluding carboxylic acids is 1. The smallest absolute Gasteiger partial charge is 0.422 e. The van der Waals surface area contributed by atoms with Crippen LogP contribution in [0.25, 0.3) is 0 Å².